The zero-order valence-electron chi connectivity index (χ0n) is 19.9. The number of aromatic nitrogens is 1. The van der Waals surface area contributed by atoms with Gasteiger partial charge in [-0.1, -0.05) is 6.07 Å². The van der Waals surface area contributed by atoms with Gasteiger partial charge in [-0.3, -0.25) is 15.2 Å². The summed E-state index contributed by atoms with van der Waals surface area (Å²) in [6.07, 6.45) is 0.541. The number of amidine groups is 1. The van der Waals surface area contributed by atoms with E-state index in [4.69, 9.17) is 11.3 Å². The van der Waals surface area contributed by atoms with E-state index in [9.17, 15) is 14.0 Å². The standard InChI is InChI=1S/C24H30FN7O2S/c1-15(2)32(27)22(26)20-4-3-5-21(28-20)29-23(33)18-12-17-14-31(7-6-16(17)13-19(18)25)24(34)30-8-10-35-11-9-30/h3-5,12-13,15,26H,6-11,14,27H2,1-2H3,(H,28,29,33). The average molecular weight is 500 g/mol. The molecule has 11 heteroatoms. The molecule has 186 valence electrons. The monoisotopic (exact) mass is 499 g/mol. The molecule has 1 aromatic heterocycles. The molecule has 0 spiro atoms. The van der Waals surface area contributed by atoms with Gasteiger partial charge in [0.05, 0.1) is 5.56 Å². The topological polar surface area (TPSA) is 119 Å². The molecule has 4 N–H and O–H groups in total. The molecule has 35 heavy (non-hydrogen) atoms. The number of carbonyl (C=O) groups excluding carboxylic acids is 2. The van der Waals surface area contributed by atoms with Gasteiger partial charge in [-0.25, -0.2) is 20.0 Å². The minimum Gasteiger partial charge on any atom is -0.323 e. The molecule has 0 bridgehead atoms. The minimum absolute atomic E-state index is 0.00752. The molecule has 1 saturated heterocycles. The number of halogens is 1. The molecule has 1 aromatic carbocycles. The van der Waals surface area contributed by atoms with Gasteiger partial charge in [0.25, 0.3) is 5.91 Å². The molecule has 3 amide bonds. The summed E-state index contributed by atoms with van der Waals surface area (Å²) in [6, 6.07) is 7.63. The Bertz CT molecular complexity index is 1140. The Balaban J connectivity index is 1.49. The van der Waals surface area contributed by atoms with Crippen molar-refractivity contribution in [3.05, 3.63) is 58.5 Å². The maximum atomic E-state index is 14.8. The number of urea groups is 1. The van der Waals surface area contributed by atoms with E-state index in [0.29, 0.717) is 19.5 Å². The third-order valence-electron chi connectivity index (χ3n) is 6.15. The first-order valence-corrected chi connectivity index (χ1v) is 12.7. The van der Waals surface area contributed by atoms with Crippen LogP contribution in [0.1, 0.15) is 41.0 Å². The molecule has 0 unspecified atom stereocenters. The number of hydrogen-bond donors (Lipinski definition) is 3. The summed E-state index contributed by atoms with van der Waals surface area (Å²) in [6.45, 7) is 6.01. The predicted molar refractivity (Wildman–Crippen MR) is 135 cm³/mol. The highest BCUT2D eigenvalue weighted by Gasteiger charge is 2.28. The van der Waals surface area contributed by atoms with Crippen molar-refractivity contribution in [1.29, 1.82) is 5.41 Å². The Kier molecular flexibility index (Phi) is 7.56. The number of rotatable bonds is 4. The van der Waals surface area contributed by atoms with Crippen LogP contribution < -0.4 is 11.2 Å². The molecule has 2 aliphatic heterocycles. The smallest absolute Gasteiger partial charge is 0.320 e. The molecule has 0 radical (unpaired) electrons. The van der Waals surface area contributed by atoms with Gasteiger partial charge in [0.2, 0.25) is 0 Å². The van der Waals surface area contributed by atoms with Crippen LogP contribution in [-0.4, -0.2) is 74.7 Å². The fourth-order valence-electron chi connectivity index (χ4n) is 4.08. The van der Waals surface area contributed by atoms with Crippen molar-refractivity contribution in [3.63, 3.8) is 0 Å². The maximum Gasteiger partial charge on any atom is 0.320 e. The van der Waals surface area contributed by atoms with Gasteiger partial charge in [-0.05, 0) is 55.7 Å². The summed E-state index contributed by atoms with van der Waals surface area (Å²) in [4.78, 5) is 33.8. The van der Waals surface area contributed by atoms with Gasteiger partial charge in [0, 0.05) is 43.7 Å². The highest BCUT2D eigenvalue weighted by molar-refractivity contribution is 7.99. The lowest BCUT2D eigenvalue weighted by Gasteiger charge is -2.35. The average Bonchev–Trinajstić information content (AvgIpc) is 2.87. The lowest BCUT2D eigenvalue weighted by Crippen LogP contribution is -2.48. The summed E-state index contributed by atoms with van der Waals surface area (Å²) >= 11 is 1.84. The second-order valence-corrected chi connectivity index (χ2v) is 10.1. The Morgan fingerprint density at radius 3 is 2.63 bits per heavy atom. The van der Waals surface area contributed by atoms with Crippen LogP contribution in [0.4, 0.5) is 15.0 Å². The van der Waals surface area contributed by atoms with E-state index < -0.39 is 11.7 Å². The van der Waals surface area contributed by atoms with Crippen LogP contribution in [0.15, 0.2) is 30.3 Å². The predicted octanol–water partition coefficient (Wildman–Crippen LogP) is 2.91. The first-order valence-electron chi connectivity index (χ1n) is 11.6. The van der Waals surface area contributed by atoms with E-state index in [1.807, 2.05) is 30.5 Å². The molecular weight excluding hydrogens is 469 g/mol. The lowest BCUT2D eigenvalue weighted by molar-refractivity contribution is 0.102. The van der Waals surface area contributed by atoms with Crippen molar-refractivity contribution >= 4 is 35.4 Å². The number of nitrogens with zero attached hydrogens (tertiary/aromatic N) is 4. The third-order valence-corrected chi connectivity index (χ3v) is 7.09. The summed E-state index contributed by atoms with van der Waals surface area (Å²) in [7, 11) is 0. The number of hydrogen-bond acceptors (Lipinski definition) is 6. The fourth-order valence-corrected chi connectivity index (χ4v) is 4.98. The molecule has 9 nitrogen and oxygen atoms in total. The number of fused-ring (bicyclic) bond motifs is 1. The van der Waals surface area contributed by atoms with Gasteiger partial charge in [0.1, 0.15) is 17.3 Å². The van der Waals surface area contributed by atoms with Crippen LogP contribution in [0.5, 0.6) is 0 Å². The molecule has 1 fully saturated rings. The van der Waals surface area contributed by atoms with Gasteiger partial charge >= 0.3 is 6.03 Å². The third kappa shape index (κ3) is 5.57. The maximum absolute atomic E-state index is 14.8. The Labute approximate surface area is 208 Å². The first-order chi connectivity index (χ1) is 16.7. The second-order valence-electron chi connectivity index (χ2n) is 8.87. The lowest BCUT2D eigenvalue weighted by atomic mass is 9.96. The number of nitrogens with two attached hydrogens (primary N) is 1. The molecule has 0 saturated carbocycles. The quantitative estimate of drug-likeness (QED) is 0.258. The van der Waals surface area contributed by atoms with E-state index in [-0.39, 0.29) is 35.0 Å². The van der Waals surface area contributed by atoms with Crippen LogP contribution in [-0.2, 0) is 13.0 Å². The molecule has 0 atom stereocenters. The summed E-state index contributed by atoms with van der Waals surface area (Å²) in [5, 5.41) is 12.1. The number of hydrazine groups is 1. The largest absolute Gasteiger partial charge is 0.323 e. The SMILES string of the molecule is CC(C)N(N)C(=N)c1cccc(NC(=O)c2cc3c(cc2F)CCN(C(=O)N2CCSCC2)C3)n1. The second kappa shape index (κ2) is 10.6. The highest BCUT2D eigenvalue weighted by atomic mass is 32.2. The van der Waals surface area contributed by atoms with E-state index in [0.717, 1.165) is 35.7 Å². The van der Waals surface area contributed by atoms with Crippen molar-refractivity contribution in [2.75, 3.05) is 36.5 Å². The Morgan fingerprint density at radius 1 is 1.17 bits per heavy atom. The van der Waals surface area contributed by atoms with Gasteiger partial charge in [-0.15, -0.1) is 0 Å². The molecule has 2 aliphatic rings. The molecule has 2 aromatic rings. The number of anilines is 1. The number of benzene rings is 1. The first kappa shape index (κ1) is 24.9. The van der Waals surface area contributed by atoms with E-state index in [1.165, 1.54) is 17.1 Å². The van der Waals surface area contributed by atoms with E-state index >= 15 is 0 Å². The number of thioether (sulfide) groups is 1. The van der Waals surface area contributed by atoms with E-state index in [2.05, 4.69) is 10.3 Å². The van der Waals surface area contributed by atoms with Crippen molar-refractivity contribution in [1.82, 2.24) is 19.8 Å². The van der Waals surface area contributed by atoms with Crippen molar-refractivity contribution in [2.45, 2.75) is 32.9 Å². The summed E-state index contributed by atoms with van der Waals surface area (Å²) < 4.78 is 14.8. The Morgan fingerprint density at radius 2 is 1.91 bits per heavy atom. The normalized spacial score (nSPS) is 15.6. The zero-order chi connectivity index (χ0) is 25.1. The van der Waals surface area contributed by atoms with Crippen molar-refractivity contribution < 1.29 is 14.0 Å². The van der Waals surface area contributed by atoms with Gasteiger partial charge in [0.15, 0.2) is 5.84 Å². The molecule has 3 heterocycles. The van der Waals surface area contributed by atoms with Crippen LogP contribution in [0.25, 0.3) is 0 Å². The number of carbonyl (C=O) groups is 2. The van der Waals surface area contributed by atoms with Crippen LogP contribution in [0.2, 0.25) is 0 Å². The molecule has 0 aliphatic carbocycles. The summed E-state index contributed by atoms with van der Waals surface area (Å²) in [5.41, 5.74) is 1.75. The zero-order valence-corrected chi connectivity index (χ0v) is 20.7. The number of pyridine rings is 1. The highest BCUT2D eigenvalue weighted by Crippen LogP contribution is 2.25. The van der Waals surface area contributed by atoms with Gasteiger partial charge < -0.3 is 15.1 Å². The molecular formula is C24H30FN7O2S. The van der Waals surface area contributed by atoms with Crippen molar-refractivity contribution in [3.8, 4) is 0 Å². The number of amides is 3. The van der Waals surface area contributed by atoms with Crippen LogP contribution >= 0.6 is 11.8 Å². The fraction of sp³-hybridized carbons (Fsp3) is 0.417. The number of nitrogens with one attached hydrogen (secondary N) is 2. The van der Waals surface area contributed by atoms with Crippen LogP contribution in [0, 0.1) is 11.2 Å². The molecule has 4 rings (SSSR count). The Hall–Kier alpha value is -3.18. The van der Waals surface area contributed by atoms with Gasteiger partial charge in [-0.2, -0.15) is 11.8 Å². The minimum atomic E-state index is -0.647. The van der Waals surface area contributed by atoms with E-state index in [1.54, 1.807) is 23.1 Å². The summed E-state index contributed by atoms with van der Waals surface area (Å²) in [5.74, 6) is 6.69. The van der Waals surface area contributed by atoms with Crippen LogP contribution in [0.3, 0.4) is 0 Å². The van der Waals surface area contributed by atoms with Crippen molar-refractivity contribution in [2.24, 2.45) is 5.84 Å².